The molecule has 0 radical (unpaired) electrons. The molecule has 0 aliphatic rings. The van der Waals surface area contributed by atoms with Crippen molar-refractivity contribution in [1.29, 1.82) is 0 Å². The van der Waals surface area contributed by atoms with Gasteiger partial charge in [-0.15, -0.1) is 5.10 Å². The van der Waals surface area contributed by atoms with Gasteiger partial charge in [-0.25, -0.2) is 9.67 Å². The molecule has 74 valence electrons. The summed E-state index contributed by atoms with van der Waals surface area (Å²) in [6, 6.07) is 5.99. The van der Waals surface area contributed by atoms with Crippen molar-refractivity contribution >= 4 is 11.0 Å². The van der Waals surface area contributed by atoms with E-state index in [9.17, 15) is 0 Å². The topological polar surface area (TPSA) is 59.4 Å². The molecule has 0 fully saturated rings. The number of aromatic nitrogens is 5. The van der Waals surface area contributed by atoms with E-state index < -0.39 is 0 Å². The van der Waals surface area contributed by atoms with E-state index in [0.717, 1.165) is 22.4 Å². The zero-order valence-corrected chi connectivity index (χ0v) is 8.18. The third-order valence-corrected chi connectivity index (χ3v) is 2.39. The normalized spacial score (nSPS) is 11.0. The minimum absolute atomic E-state index is 0.873. The maximum absolute atomic E-state index is 4.48. The van der Waals surface area contributed by atoms with E-state index in [1.54, 1.807) is 10.9 Å². The van der Waals surface area contributed by atoms with Crippen LogP contribution in [0.15, 0.2) is 30.6 Å². The highest BCUT2D eigenvalue weighted by Crippen LogP contribution is 2.18. The summed E-state index contributed by atoms with van der Waals surface area (Å²) in [5, 5.41) is 8.81. The van der Waals surface area contributed by atoms with E-state index in [1.165, 1.54) is 0 Å². The van der Waals surface area contributed by atoms with E-state index in [2.05, 4.69) is 20.3 Å². The number of hydrogen-bond acceptors (Lipinski definition) is 3. The van der Waals surface area contributed by atoms with Crippen molar-refractivity contribution in [1.82, 2.24) is 25.0 Å². The SMILES string of the molecule is Cn1nncc1-c1ccc2cc[nH]c2n1. The number of rotatable bonds is 1. The van der Waals surface area contributed by atoms with Crippen molar-refractivity contribution in [2.24, 2.45) is 7.05 Å². The van der Waals surface area contributed by atoms with Gasteiger partial charge in [-0.2, -0.15) is 0 Å². The molecule has 3 aromatic rings. The summed E-state index contributed by atoms with van der Waals surface area (Å²) < 4.78 is 1.71. The fraction of sp³-hybridized carbons (Fsp3) is 0.100. The fourth-order valence-corrected chi connectivity index (χ4v) is 1.59. The zero-order valence-electron chi connectivity index (χ0n) is 8.18. The van der Waals surface area contributed by atoms with Crippen molar-refractivity contribution in [2.75, 3.05) is 0 Å². The summed E-state index contributed by atoms with van der Waals surface area (Å²) in [5.74, 6) is 0. The molecule has 15 heavy (non-hydrogen) atoms. The zero-order chi connectivity index (χ0) is 10.3. The molecule has 0 unspecified atom stereocenters. The molecular weight excluding hydrogens is 190 g/mol. The Kier molecular flexibility index (Phi) is 1.58. The molecule has 0 spiro atoms. The third-order valence-electron chi connectivity index (χ3n) is 2.39. The second-order valence-corrected chi connectivity index (χ2v) is 3.35. The number of aromatic amines is 1. The van der Waals surface area contributed by atoms with Gasteiger partial charge in [0.15, 0.2) is 0 Å². The smallest absolute Gasteiger partial charge is 0.138 e. The molecular formula is C10H9N5. The summed E-state index contributed by atoms with van der Waals surface area (Å²) in [6.07, 6.45) is 3.58. The average Bonchev–Trinajstić information content (AvgIpc) is 2.84. The van der Waals surface area contributed by atoms with E-state index in [-0.39, 0.29) is 0 Å². The highest BCUT2D eigenvalue weighted by Gasteiger charge is 2.06. The van der Waals surface area contributed by atoms with Crippen LogP contribution in [0.3, 0.4) is 0 Å². The van der Waals surface area contributed by atoms with Gasteiger partial charge in [-0.1, -0.05) is 5.21 Å². The minimum atomic E-state index is 0.873. The molecule has 0 saturated heterocycles. The quantitative estimate of drug-likeness (QED) is 0.643. The first-order valence-electron chi connectivity index (χ1n) is 4.64. The monoisotopic (exact) mass is 199 g/mol. The Hall–Kier alpha value is -2.17. The molecule has 0 aliphatic carbocycles. The molecule has 1 N–H and O–H groups in total. The number of aryl methyl sites for hydroxylation is 1. The maximum atomic E-state index is 4.48. The molecule has 0 aliphatic heterocycles. The Morgan fingerprint density at radius 1 is 1.27 bits per heavy atom. The number of nitrogens with zero attached hydrogens (tertiary/aromatic N) is 4. The molecule has 0 amide bonds. The third kappa shape index (κ3) is 1.20. The lowest BCUT2D eigenvalue weighted by molar-refractivity contribution is 0.719. The van der Waals surface area contributed by atoms with Crippen molar-refractivity contribution in [3.05, 3.63) is 30.6 Å². The number of H-pyrrole nitrogens is 1. The van der Waals surface area contributed by atoms with Gasteiger partial charge in [0.25, 0.3) is 0 Å². The van der Waals surface area contributed by atoms with Crippen molar-refractivity contribution in [3.63, 3.8) is 0 Å². The number of hydrogen-bond donors (Lipinski definition) is 1. The van der Waals surface area contributed by atoms with Crippen LogP contribution in [-0.2, 0) is 7.05 Å². The lowest BCUT2D eigenvalue weighted by atomic mass is 10.2. The molecule has 3 aromatic heterocycles. The van der Waals surface area contributed by atoms with E-state index in [4.69, 9.17) is 0 Å². The second kappa shape index (κ2) is 2.91. The van der Waals surface area contributed by atoms with Crippen LogP contribution in [0.2, 0.25) is 0 Å². The minimum Gasteiger partial charge on any atom is -0.346 e. The Morgan fingerprint density at radius 2 is 2.20 bits per heavy atom. The predicted octanol–water partition coefficient (Wildman–Crippen LogP) is 1.36. The predicted molar refractivity (Wildman–Crippen MR) is 56.1 cm³/mol. The standard InChI is InChI=1S/C10H9N5/c1-15-9(6-12-14-15)8-3-2-7-4-5-11-10(7)13-8/h2-6H,1H3,(H,11,13). The second-order valence-electron chi connectivity index (χ2n) is 3.35. The summed E-state index contributed by atoms with van der Waals surface area (Å²) >= 11 is 0. The molecule has 0 atom stereocenters. The van der Waals surface area contributed by atoms with Gasteiger partial charge in [0.05, 0.1) is 11.9 Å². The highest BCUT2D eigenvalue weighted by molar-refractivity contribution is 5.78. The number of fused-ring (bicyclic) bond motifs is 1. The Balaban J connectivity index is 2.23. The Labute approximate surface area is 85.8 Å². The van der Waals surface area contributed by atoms with Crippen molar-refractivity contribution in [2.45, 2.75) is 0 Å². The van der Waals surface area contributed by atoms with Gasteiger partial charge in [0.1, 0.15) is 11.3 Å². The first kappa shape index (κ1) is 8.16. The van der Waals surface area contributed by atoms with Crippen LogP contribution in [0.5, 0.6) is 0 Å². The van der Waals surface area contributed by atoms with Crippen molar-refractivity contribution < 1.29 is 0 Å². The van der Waals surface area contributed by atoms with Crippen LogP contribution >= 0.6 is 0 Å². The summed E-state index contributed by atoms with van der Waals surface area (Å²) in [5.41, 5.74) is 2.66. The van der Waals surface area contributed by atoms with E-state index in [0.29, 0.717) is 0 Å². The molecule has 3 rings (SSSR count). The van der Waals surface area contributed by atoms with Crippen LogP contribution in [0.25, 0.3) is 22.4 Å². The van der Waals surface area contributed by atoms with Crippen LogP contribution in [0.4, 0.5) is 0 Å². The molecule has 0 aromatic carbocycles. The van der Waals surface area contributed by atoms with E-state index >= 15 is 0 Å². The van der Waals surface area contributed by atoms with Gasteiger partial charge >= 0.3 is 0 Å². The molecule has 5 heteroatoms. The lowest BCUT2D eigenvalue weighted by Crippen LogP contribution is -1.95. The van der Waals surface area contributed by atoms with Gasteiger partial charge < -0.3 is 4.98 Å². The first-order valence-corrected chi connectivity index (χ1v) is 4.64. The highest BCUT2D eigenvalue weighted by atomic mass is 15.4. The number of nitrogens with one attached hydrogen (secondary N) is 1. The summed E-state index contributed by atoms with van der Waals surface area (Å²) in [7, 11) is 1.85. The average molecular weight is 199 g/mol. The largest absolute Gasteiger partial charge is 0.346 e. The Morgan fingerprint density at radius 3 is 3.00 bits per heavy atom. The Bertz CT molecular complexity index is 607. The van der Waals surface area contributed by atoms with Crippen LogP contribution in [0, 0.1) is 0 Å². The van der Waals surface area contributed by atoms with Crippen LogP contribution < -0.4 is 0 Å². The van der Waals surface area contributed by atoms with Crippen molar-refractivity contribution in [3.8, 4) is 11.4 Å². The molecule has 3 heterocycles. The molecule has 0 bridgehead atoms. The van der Waals surface area contributed by atoms with Gasteiger partial charge in [-0.05, 0) is 18.2 Å². The van der Waals surface area contributed by atoms with Crippen LogP contribution in [0.1, 0.15) is 0 Å². The first-order chi connectivity index (χ1) is 7.34. The molecule has 5 nitrogen and oxygen atoms in total. The maximum Gasteiger partial charge on any atom is 0.138 e. The lowest BCUT2D eigenvalue weighted by Gasteiger charge is -1.99. The van der Waals surface area contributed by atoms with Crippen LogP contribution in [-0.4, -0.2) is 25.0 Å². The summed E-state index contributed by atoms with van der Waals surface area (Å²) in [4.78, 5) is 7.56. The van der Waals surface area contributed by atoms with Gasteiger partial charge in [-0.3, -0.25) is 0 Å². The van der Waals surface area contributed by atoms with E-state index in [1.807, 2.05) is 31.4 Å². The summed E-state index contributed by atoms with van der Waals surface area (Å²) in [6.45, 7) is 0. The fourth-order valence-electron chi connectivity index (χ4n) is 1.59. The number of pyridine rings is 1. The van der Waals surface area contributed by atoms with Gasteiger partial charge in [0, 0.05) is 18.6 Å². The molecule has 0 saturated carbocycles. The van der Waals surface area contributed by atoms with Gasteiger partial charge in [0.2, 0.25) is 0 Å².